The van der Waals surface area contributed by atoms with Crippen molar-refractivity contribution in [2.24, 2.45) is 0 Å². The lowest BCUT2D eigenvalue weighted by Crippen LogP contribution is -2.32. The van der Waals surface area contributed by atoms with E-state index in [1.165, 1.54) is 0 Å². The third-order valence-electron chi connectivity index (χ3n) is 3.78. The van der Waals surface area contributed by atoms with E-state index in [1.54, 1.807) is 0 Å². The highest BCUT2D eigenvalue weighted by Crippen LogP contribution is 2.68. The monoisotopic (exact) mass is 311 g/mol. The molecule has 4 heteroatoms. The SMILES string of the molecule is CC(C)(C)P(=O)(n1ccc2c(Cl)cccc21)C(C)(C)C. The van der Waals surface area contributed by atoms with Gasteiger partial charge in [-0.3, -0.25) is 8.90 Å². The molecule has 1 heterocycles. The molecule has 1 aromatic carbocycles. The third-order valence-corrected chi connectivity index (χ3v) is 8.70. The number of rotatable bonds is 1. The maximum absolute atomic E-state index is 14.0. The molecule has 0 radical (unpaired) electrons. The Morgan fingerprint density at radius 2 is 1.55 bits per heavy atom. The highest BCUT2D eigenvalue weighted by Gasteiger charge is 2.48. The molecule has 0 amide bonds. The maximum atomic E-state index is 14.0. The lowest BCUT2D eigenvalue weighted by atomic mass is 10.2. The van der Waals surface area contributed by atoms with Crippen LogP contribution in [0.5, 0.6) is 0 Å². The molecule has 2 rings (SSSR count). The second-order valence-corrected chi connectivity index (χ2v) is 11.9. The number of hydrogen-bond acceptors (Lipinski definition) is 1. The van der Waals surface area contributed by atoms with E-state index in [0.717, 1.165) is 10.9 Å². The van der Waals surface area contributed by atoms with Gasteiger partial charge in [0.2, 0.25) is 0 Å². The van der Waals surface area contributed by atoms with Gasteiger partial charge in [-0.2, -0.15) is 0 Å². The average Bonchev–Trinajstić information content (AvgIpc) is 2.70. The summed E-state index contributed by atoms with van der Waals surface area (Å²) in [5, 5.41) is 1.03. The van der Waals surface area contributed by atoms with Gasteiger partial charge in [-0.1, -0.05) is 59.2 Å². The van der Waals surface area contributed by atoms with E-state index < -0.39 is 7.29 Å². The zero-order valence-electron chi connectivity index (χ0n) is 13.1. The zero-order chi connectivity index (χ0) is 15.3. The molecular weight excluding hydrogens is 289 g/mol. The quantitative estimate of drug-likeness (QED) is 0.590. The summed E-state index contributed by atoms with van der Waals surface area (Å²) in [5.41, 5.74) is 0.950. The van der Waals surface area contributed by atoms with Crippen LogP contribution in [0.1, 0.15) is 41.5 Å². The minimum Gasteiger partial charge on any atom is -0.299 e. The Labute approximate surface area is 126 Å². The molecule has 0 aliphatic heterocycles. The van der Waals surface area contributed by atoms with Crippen molar-refractivity contribution < 1.29 is 4.57 Å². The van der Waals surface area contributed by atoms with Crippen LogP contribution in [0, 0.1) is 0 Å². The van der Waals surface area contributed by atoms with Gasteiger partial charge in [0.15, 0.2) is 7.29 Å². The molecule has 0 aliphatic rings. The molecule has 0 bridgehead atoms. The first-order chi connectivity index (χ1) is 9.00. The average molecular weight is 312 g/mol. The van der Waals surface area contributed by atoms with Crippen LogP contribution < -0.4 is 0 Å². The van der Waals surface area contributed by atoms with Crippen molar-refractivity contribution in [2.45, 2.75) is 51.9 Å². The van der Waals surface area contributed by atoms with E-state index in [1.807, 2.05) is 34.8 Å². The van der Waals surface area contributed by atoms with Gasteiger partial charge in [0, 0.05) is 26.9 Å². The third kappa shape index (κ3) is 2.14. The number of aromatic nitrogens is 1. The highest BCUT2D eigenvalue weighted by atomic mass is 35.5. The number of benzene rings is 1. The van der Waals surface area contributed by atoms with E-state index in [9.17, 15) is 4.57 Å². The van der Waals surface area contributed by atoms with Gasteiger partial charge in [-0.05, 0) is 18.2 Å². The maximum Gasteiger partial charge on any atom is 0.186 e. The molecule has 0 spiro atoms. The molecule has 0 saturated carbocycles. The van der Waals surface area contributed by atoms with Gasteiger partial charge in [0.1, 0.15) is 0 Å². The molecule has 0 unspecified atom stereocenters. The predicted molar refractivity (Wildman–Crippen MR) is 89.5 cm³/mol. The van der Waals surface area contributed by atoms with Gasteiger partial charge in [-0.15, -0.1) is 0 Å². The first-order valence-corrected chi connectivity index (χ1v) is 8.90. The molecule has 2 nitrogen and oxygen atoms in total. The van der Waals surface area contributed by atoms with Crippen molar-refractivity contribution in [3.8, 4) is 0 Å². The topological polar surface area (TPSA) is 22.0 Å². The minimum absolute atomic E-state index is 0.320. The second-order valence-electron chi connectivity index (χ2n) is 7.25. The van der Waals surface area contributed by atoms with Crippen molar-refractivity contribution >= 4 is 29.8 Å². The van der Waals surface area contributed by atoms with Crippen LogP contribution in [0.2, 0.25) is 5.02 Å². The smallest absolute Gasteiger partial charge is 0.186 e. The second kappa shape index (κ2) is 4.64. The van der Waals surface area contributed by atoms with Crippen LogP contribution in [0.3, 0.4) is 0 Å². The Kier molecular flexibility index (Phi) is 3.64. The summed E-state index contributed by atoms with van der Waals surface area (Å²) in [6.45, 7) is 12.3. The Balaban J connectivity index is 2.85. The van der Waals surface area contributed by atoms with E-state index in [0.29, 0.717) is 5.02 Å². The fourth-order valence-electron chi connectivity index (χ4n) is 3.01. The van der Waals surface area contributed by atoms with Gasteiger partial charge >= 0.3 is 0 Å². The standard InChI is InChI=1S/C16H23ClNOP/c1-15(2,3)20(19,16(4,5)6)18-11-10-12-13(17)8-7-9-14(12)18/h7-11H,1-6H3. The van der Waals surface area contributed by atoms with E-state index >= 15 is 0 Å². The molecule has 0 aliphatic carbocycles. The summed E-state index contributed by atoms with van der Waals surface area (Å²) in [6, 6.07) is 7.73. The number of halogens is 1. The fraction of sp³-hybridized carbons (Fsp3) is 0.500. The summed E-state index contributed by atoms with van der Waals surface area (Å²) in [6.07, 6.45) is 1.92. The summed E-state index contributed by atoms with van der Waals surface area (Å²) in [7, 11) is -2.70. The molecular formula is C16H23ClNOP. The van der Waals surface area contributed by atoms with Crippen LogP contribution in [-0.4, -0.2) is 14.6 Å². The van der Waals surface area contributed by atoms with E-state index in [2.05, 4.69) is 41.5 Å². The van der Waals surface area contributed by atoms with Crippen LogP contribution in [0.25, 0.3) is 10.9 Å². The molecule has 2 aromatic rings. The molecule has 0 saturated heterocycles. The Morgan fingerprint density at radius 1 is 1.00 bits per heavy atom. The van der Waals surface area contributed by atoms with Crippen molar-refractivity contribution in [1.29, 1.82) is 0 Å². The molecule has 0 fully saturated rings. The first-order valence-electron chi connectivity index (χ1n) is 6.87. The van der Waals surface area contributed by atoms with Crippen molar-refractivity contribution in [3.05, 3.63) is 35.5 Å². The Bertz CT molecular complexity index is 671. The van der Waals surface area contributed by atoms with Gasteiger partial charge < -0.3 is 0 Å². The van der Waals surface area contributed by atoms with Crippen molar-refractivity contribution in [2.75, 3.05) is 0 Å². The lowest BCUT2D eigenvalue weighted by Gasteiger charge is -2.42. The van der Waals surface area contributed by atoms with Crippen LogP contribution >= 0.6 is 18.9 Å². The number of hydrogen-bond donors (Lipinski definition) is 0. The van der Waals surface area contributed by atoms with E-state index in [4.69, 9.17) is 11.6 Å². The molecule has 0 N–H and O–H groups in total. The fourth-order valence-corrected chi connectivity index (χ4v) is 7.28. The highest BCUT2D eigenvalue weighted by molar-refractivity contribution is 7.65. The normalized spacial score (nSPS) is 13.9. The largest absolute Gasteiger partial charge is 0.299 e. The van der Waals surface area contributed by atoms with Crippen molar-refractivity contribution in [1.82, 2.24) is 4.34 Å². The lowest BCUT2D eigenvalue weighted by molar-refractivity contribution is 0.509. The van der Waals surface area contributed by atoms with Crippen LogP contribution in [-0.2, 0) is 4.57 Å². The number of fused-ring (bicyclic) bond motifs is 1. The first kappa shape index (κ1) is 15.7. The number of nitrogens with zero attached hydrogens (tertiary/aromatic N) is 1. The molecule has 20 heavy (non-hydrogen) atoms. The van der Waals surface area contributed by atoms with Crippen LogP contribution in [0.15, 0.2) is 30.5 Å². The van der Waals surface area contributed by atoms with Gasteiger partial charge in [0.25, 0.3) is 0 Å². The van der Waals surface area contributed by atoms with Gasteiger partial charge in [-0.25, -0.2) is 0 Å². The predicted octanol–water partition coefficient (Wildman–Crippen LogP) is 6.02. The Hall–Kier alpha value is -0.720. The molecule has 0 atom stereocenters. The summed E-state index contributed by atoms with van der Waals surface area (Å²) >= 11 is 6.25. The van der Waals surface area contributed by atoms with Crippen molar-refractivity contribution in [3.63, 3.8) is 0 Å². The van der Waals surface area contributed by atoms with E-state index in [-0.39, 0.29) is 10.3 Å². The Morgan fingerprint density at radius 3 is 2.05 bits per heavy atom. The zero-order valence-corrected chi connectivity index (χ0v) is 14.7. The molecule has 1 aromatic heterocycles. The summed E-state index contributed by atoms with van der Waals surface area (Å²) < 4.78 is 15.9. The summed E-state index contributed by atoms with van der Waals surface area (Å²) in [4.78, 5) is 0. The van der Waals surface area contributed by atoms with Gasteiger partial charge in [0.05, 0.1) is 5.52 Å². The van der Waals surface area contributed by atoms with Crippen LogP contribution in [0.4, 0.5) is 0 Å². The molecule has 110 valence electrons. The minimum atomic E-state index is -2.70. The summed E-state index contributed by atoms with van der Waals surface area (Å²) in [5.74, 6) is 0.